The van der Waals surface area contributed by atoms with E-state index in [0.717, 1.165) is 16.7 Å². The molecule has 0 spiro atoms. The molecule has 3 aromatic carbocycles. The summed E-state index contributed by atoms with van der Waals surface area (Å²) < 4.78 is 18.9. The predicted octanol–water partition coefficient (Wildman–Crippen LogP) is 4.25. The van der Waals surface area contributed by atoms with Crippen molar-refractivity contribution in [3.8, 4) is 5.75 Å². The summed E-state index contributed by atoms with van der Waals surface area (Å²) in [4.78, 5) is 27.3. The second-order valence-corrected chi connectivity index (χ2v) is 7.63. The van der Waals surface area contributed by atoms with Crippen molar-refractivity contribution in [2.24, 2.45) is 0 Å². The van der Waals surface area contributed by atoms with Crippen molar-refractivity contribution in [2.45, 2.75) is 33.0 Å². The van der Waals surface area contributed by atoms with Crippen LogP contribution < -0.4 is 10.1 Å². The van der Waals surface area contributed by atoms with Crippen LogP contribution in [0.1, 0.15) is 23.6 Å². The van der Waals surface area contributed by atoms with Crippen LogP contribution in [0, 0.1) is 12.7 Å². The maximum atomic E-state index is 13.3. The molecule has 166 valence electrons. The first-order valence-electron chi connectivity index (χ1n) is 10.5. The van der Waals surface area contributed by atoms with E-state index in [0.29, 0.717) is 12.3 Å². The summed E-state index contributed by atoms with van der Waals surface area (Å²) >= 11 is 0. The van der Waals surface area contributed by atoms with Crippen LogP contribution in [0.4, 0.5) is 4.39 Å². The Kier molecular flexibility index (Phi) is 7.97. The van der Waals surface area contributed by atoms with Crippen molar-refractivity contribution < 1.29 is 18.7 Å². The van der Waals surface area contributed by atoms with Gasteiger partial charge in [-0.2, -0.15) is 0 Å². The highest BCUT2D eigenvalue weighted by atomic mass is 19.1. The number of rotatable bonds is 9. The van der Waals surface area contributed by atoms with Crippen molar-refractivity contribution >= 4 is 11.8 Å². The SMILES string of the molecule is Cc1ccc(CNC(=O)[C@@H](C)N(Cc2ccc(F)cc2)C(=O)COc2ccccc2)cc1. The first kappa shape index (κ1) is 23.0. The van der Waals surface area contributed by atoms with Crippen molar-refractivity contribution in [1.82, 2.24) is 10.2 Å². The number of hydrogen-bond acceptors (Lipinski definition) is 3. The first-order chi connectivity index (χ1) is 15.4. The van der Waals surface area contributed by atoms with Gasteiger partial charge < -0.3 is 15.0 Å². The molecule has 1 atom stereocenters. The molecule has 0 aliphatic carbocycles. The zero-order chi connectivity index (χ0) is 22.9. The molecule has 0 fully saturated rings. The van der Waals surface area contributed by atoms with Crippen molar-refractivity contribution in [3.63, 3.8) is 0 Å². The van der Waals surface area contributed by atoms with Gasteiger partial charge in [0.25, 0.3) is 5.91 Å². The fourth-order valence-corrected chi connectivity index (χ4v) is 3.16. The fourth-order valence-electron chi connectivity index (χ4n) is 3.16. The van der Waals surface area contributed by atoms with Gasteiger partial charge in [0.2, 0.25) is 5.91 Å². The number of para-hydroxylation sites is 1. The second kappa shape index (κ2) is 11.1. The lowest BCUT2D eigenvalue weighted by Gasteiger charge is -2.28. The quantitative estimate of drug-likeness (QED) is 0.548. The Labute approximate surface area is 187 Å². The lowest BCUT2D eigenvalue weighted by Crippen LogP contribution is -2.48. The number of benzene rings is 3. The lowest BCUT2D eigenvalue weighted by molar-refractivity contribution is -0.142. The van der Waals surface area contributed by atoms with Crippen LogP contribution in [-0.2, 0) is 22.7 Å². The molecule has 3 aromatic rings. The summed E-state index contributed by atoms with van der Waals surface area (Å²) in [5.74, 6) is -0.404. The third-order valence-corrected chi connectivity index (χ3v) is 5.13. The van der Waals surface area contributed by atoms with Crippen LogP contribution in [0.3, 0.4) is 0 Å². The average Bonchev–Trinajstić information content (AvgIpc) is 2.82. The minimum atomic E-state index is -0.739. The highest BCUT2D eigenvalue weighted by Gasteiger charge is 2.26. The zero-order valence-corrected chi connectivity index (χ0v) is 18.3. The van der Waals surface area contributed by atoms with Gasteiger partial charge in [-0.25, -0.2) is 4.39 Å². The third-order valence-electron chi connectivity index (χ3n) is 5.13. The Morgan fingerprint density at radius 1 is 0.938 bits per heavy atom. The standard InChI is InChI=1S/C26H27FN2O3/c1-19-8-10-21(11-9-19)16-28-26(31)20(2)29(17-22-12-14-23(27)15-13-22)25(30)18-32-24-6-4-3-5-7-24/h3-15,20H,16-18H2,1-2H3,(H,28,31)/t20-/m1/s1. The Bertz CT molecular complexity index is 1020. The summed E-state index contributed by atoms with van der Waals surface area (Å²) in [7, 11) is 0. The van der Waals surface area contributed by atoms with Crippen LogP contribution in [0.25, 0.3) is 0 Å². The molecule has 0 saturated carbocycles. The molecule has 0 unspecified atom stereocenters. The molecule has 0 radical (unpaired) electrons. The van der Waals surface area contributed by atoms with Gasteiger partial charge in [-0.3, -0.25) is 9.59 Å². The molecular formula is C26H27FN2O3. The Morgan fingerprint density at radius 2 is 1.56 bits per heavy atom. The molecule has 3 rings (SSSR count). The first-order valence-corrected chi connectivity index (χ1v) is 10.5. The molecule has 0 aliphatic rings. The van der Waals surface area contributed by atoms with Crippen LogP contribution in [0.15, 0.2) is 78.9 Å². The number of nitrogens with zero attached hydrogens (tertiary/aromatic N) is 1. The van der Waals surface area contributed by atoms with Gasteiger partial charge in [0.05, 0.1) is 0 Å². The molecule has 32 heavy (non-hydrogen) atoms. The molecule has 5 nitrogen and oxygen atoms in total. The monoisotopic (exact) mass is 434 g/mol. The molecular weight excluding hydrogens is 407 g/mol. The van der Waals surface area contributed by atoms with Crippen LogP contribution in [0.2, 0.25) is 0 Å². The van der Waals surface area contributed by atoms with Crippen molar-refractivity contribution in [2.75, 3.05) is 6.61 Å². The van der Waals surface area contributed by atoms with Gasteiger partial charge >= 0.3 is 0 Å². The number of ether oxygens (including phenoxy) is 1. The molecule has 2 amide bonds. The van der Waals surface area contributed by atoms with Crippen LogP contribution in [-0.4, -0.2) is 29.4 Å². The number of amides is 2. The number of hydrogen-bond donors (Lipinski definition) is 1. The summed E-state index contributed by atoms with van der Waals surface area (Å²) in [5.41, 5.74) is 2.83. The number of carbonyl (C=O) groups excluding carboxylic acids is 2. The Hall–Kier alpha value is -3.67. The fraction of sp³-hybridized carbons (Fsp3) is 0.231. The molecule has 0 aromatic heterocycles. The van der Waals surface area contributed by atoms with Gasteiger partial charge in [-0.05, 0) is 49.2 Å². The van der Waals surface area contributed by atoms with Gasteiger partial charge in [0.15, 0.2) is 6.61 Å². The molecule has 0 aliphatic heterocycles. The lowest BCUT2D eigenvalue weighted by atomic mass is 10.1. The van der Waals surface area contributed by atoms with Gasteiger partial charge in [-0.1, -0.05) is 60.2 Å². The highest BCUT2D eigenvalue weighted by molar-refractivity contribution is 5.87. The Balaban J connectivity index is 1.68. The molecule has 0 heterocycles. The molecule has 6 heteroatoms. The average molecular weight is 435 g/mol. The van der Waals surface area contributed by atoms with Crippen LogP contribution >= 0.6 is 0 Å². The van der Waals surface area contributed by atoms with E-state index in [1.54, 1.807) is 31.2 Å². The van der Waals surface area contributed by atoms with E-state index in [1.165, 1.54) is 17.0 Å². The minimum absolute atomic E-state index is 0.163. The highest BCUT2D eigenvalue weighted by Crippen LogP contribution is 2.13. The number of aryl methyl sites for hydroxylation is 1. The molecule has 0 bridgehead atoms. The maximum absolute atomic E-state index is 13.3. The van der Waals surface area contributed by atoms with Gasteiger partial charge in [0.1, 0.15) is 17.6 Å². The molecule has 1 N–H and O–H groups in total. The second-order valence-electron chi connectivity index (χ2n) is 7.63. The van der Waals surface area contributed by atoms with Gasteiger partial charge in [0, 0.05) is 13.1 Å². The van der Waals surface area contributed by atoms with E-state index in [4.69, 9.17) is 4.74 Å². The van der Waals surface area contributed by atoms with Crippen molar-refractivity contribution in [3.05, 3.63) is 101 Å². The van der Waals surface area contributed by atoms with E-state index in [1.807, 2.05) is 49.4 Å². The van der Waals surface area contributed by atoms with E-state index < -0.39 is 6.04 Å². The topological polar surface area (TPSA) is 58.6 Å². The van der Waals surface area contributed by atoms with Crippen molar-refractivity contribution in [1.29, 1.82) is 0 Å². The summed E-state index contributed by atoms with van der Waals surface area (Å²) in [5, 5.41) is 2.89. The number of nitrogens with one attached hydrogen (secondary N) is 1. The summed E-state index contributed by atoms with van der Waals surface area (Å²) in [6.07, 6.45) is 0. The maximum Gasteiger partial charge on any atom is 0.261 e. The summed E-state index contributed by atoms with van der Waals surface area (Å²) in [6.45, 7) is 4.00. The summed E-state index contributed by atoms with van der Waals surface area (Å²) in [6, 6.07) is 22.0. The van der Waals surface area contributed by atoms with E-state index in [9.17, 15) is 14.0 Å². The van der Waals surface area contributed by atoms with Crippen LogP contribution in [0.5, 0.6) is 5.75 Å². The zero-order valence-electron chi connectivity index (χ0n) is 18.3. The third kappa shape index (κ3) is 6.67. The van der Waals surface area contributed by atoms with Gasteiger partial charge in [-0.15, -0.1) is 0 Å². The van der Waals surface area contributed by atoms with E-state index in [2.05, 4.69) is 5.32 Å². The molecule has 0 saturated heterocycles. The largest absolute Gasteiger partial charge is 0.484 e. The predicted molar refractivity (Wildman–Crippen MR) is 121 cm³/mol. The Morgan fingerprint density at radius 3 is 2.22 bits per heavy atom. The number of halogens is 1. The number of carbonyl (C=O) groups is 2. The minimum Gasteiger partial charge on any atom is -0.484 e. The van der Waals surface area contributed by atoms with E-state index in [-0.39, 0.29) is 30.8 Å². The van der Waals surface area contributed by atoms with E-state index >= 15 is 0 Å². The smallest absolute Gasteiger partial charge is 0.261 e. The normalized spacial score (nSPS) is 11.5.